The van der Waals surface area contributed by atoms with Crippen molar-refractivity contribution in [3.63, 3.8) is 0 Å². The number of urea groups is 1. The van der Waals surface area contributed by atoms with E-state index in [4.69, 9.17) is 9.63 Å². The fourth-order valence-corrected chi connectivity index (χ4v) is 1.54. The molecule has 1 aromatic rings. The molecule has 1 aromatic heterocycles. The topological polar surface area (TPSA) is 104 Å². The Morgan fingerprint density at radius 2 is 2.21 bits per heavy atom. The van der Waals surface area contributed by atoms with E-state index < -0.39 is 18.0 Å². The van der Waals surface area contributed by atoms with E-state index in [0.717, 1.165) is 5.69 Å². The van der Waals surface area contributed by atoms with Crippen molar-refractivity contribution in [3.8, 4) is 0 Å². The van der Waals surface area contributed by atoms with Gasteiger partial charge in [0, 0.05) is 6.07 Å². The van der Waals surface area contributed by atoms with Crippen LogP contribution in [0.1, 0.15) is 31.7 Å². The number of carboxylic acid groups (broad SMARTS) is 1. The summed E-state index contributed by atoms with van der Waals surface area (Å²) < 4.78 is 4.93. The number of aromatic nitrogens is 1. The van der Waals surface area contributed by atoms with E-state index in [0.29, 0.717) is 12.2 Å². The summed E-state index contributed by atoms with van der Waals surface area (Å²) in [6, 6.07) is 0.257. The van der Waals surface area contributed by atoms with Gasteiger partial charge in [0.2, 0.25) is 0 Å². The maximum absolute atomic E-state index is 11.6. The molecule has 0 saturated carbocycles. The minimum absolute atomic E-state index is 0.143. The lowest BCUT2D eigenvalue weighted by Gasteiger charge is -2.20. The summed E-state index contributed by atoms with van der Waals surface area (Å²) in [5, 5.41) is 17.7. The van der Waals surface area contributed by atoms with Crippen LogP contribution >= 0.6 is 0 Å². The molecule has 1 rings (SSSR count). The van der Waals surface area contributed by atoms with Crippen LogP contribution in [0.3, 0.4) is 0 Å². The first kappa shape index (κ1) is 15.0. The Bertz CT molecular complexity index is 444. The molecule has 0 bridgehead atoms. The van der Waals surface area contributed by atoms with Crippen molar-refractivity contribution in [2.75, 3.05) is 0 Å². The lowest BCUT2D eigenvalue weighted by atomic mass is 9.99. The summed E-state index contributed by atoms with van der Waals surface area (Å²) in [5.74, 6) is -0.668. The molecule has 0 aromatic carbocycles. The van der Waals surface area contributed by atoms with Gasteiger partial charge in [-0.05, 0) is 12.8 Å². The number of carboxylic acids is 1. The first-order valence-corrected chi connectivity index (χ1v) is 6.13. The van der Waals surface area contributed by atoms with Gasteiger partial charge in [-0.3, -0.25) is 0 Å². The maximum atomic E-state index is 11.6. The van der Waals surface area contributed by atoms with Crippen LogP contribution in [-0.4, -0.2) is 28.3 Å². The molecular weight excluding hydrogens is 250 g/mol. The number of nitrogens with zero attached hydrogens (tertiary/aromatic N) is 1. The molecule has 1 heterocycles. The second kappa shape index (κ2) is 6.77. The second-order valence-electron chi connectivity index (χ2n) is 4.46. The van der Waals surface area contributed by atoms with Gasteiger partial charge in [0.1, 0.15) is 6.04 Å². The van der Waals surface area contributed by atoms with Crippen molar-refractivity contribution in [2.24, 2.45) is 5.92 Å². The smallest absolute Gasteiger partial charge is 0.326 e. The molecule has 0 spiro atoms. The van der Waals surface area contributed by atoms with E-state index >= 15 is 0 Å². The third-order valence-corrected chi connectivity index (χ3v) is 2.87. The standard InChI is InChI=1S/C12H19N3O4/c1-4-7(2)10(11(16)17)14-12(18)13-6-9-5-8(3)15-19-9/h5,7,10H,4,6H2,1-3H3,(H,16,17)(H2,13,14,18)/t7-,10-/m0/s1. The number of aliphatic carboxylic acids is 1. The molecule has 19 heavy (non-hydrogen) atoms. The largest absolute Gasteiger partial charge is 0.480 e. The molecule has 7 nitrogen and oxygen atoms in total. The van der Waals surface area contributed by atoms with E-state index in [2.05, 4.69) is 15.8 Å². The minimum Gasteiger partial charge on any atom is -0.480 e. The summed E-state index contributed by atoms with van der Waals surface area (Å²) in [6.07, 6.45) is 0.665. The first-order valence-electron chi connectivity index (χ1n) is 6.13. The predicted molar refractivity (Wildman–Crippen MR) is 67.5 cm³/mol. The number of aryl methyl sites for hydroxylation is 1. The number of nitrogens with one attached hydrogen (secondary N) is 2. The van der Waals surface area contributed by atoms with Crippen LogP contribution in [-0.2, 0) is 11.3 Å². The Balaban J connectivity index is 2.46. The summed E-state index contributed by atoms with van der Waals surface area (Å²) >= 11 is 0. The molecule has 0 aliphatic carbocycles. The molecule has 3 N–H and O–H groups in total. The fraction of sp³-hybridized carbons (Fsp3) is 0.583. The molecule has 0 fully saturated rings. The van der Waals surface area contributed by atoms with E-state index in [1.807, 2.05) is 6.92 Å². The van der Waals surface area contributed by atoms with Crippen molar-refractivity contribution in [3.05, 3.63) is 17.5 Å². The molecule has 2 amide bonds. The average Bonchev–Trinajstić information content (AvgIpc) is 2.78. The number of carbonyl (C=O) groups excluding carboxylic acids is 1. The lowest BCUT2D eigenvalue weighted by Crippen LogP contribution is -2.48. The summed E-state index contributed by atoms with van der Waals surface area (Å²) in [7, 11) is 0. The van der Waals surface area contributed by atoms with Gasteiger partial charge >= 0.3 is 12.0 Å². The lowest BCUT2D eigenvalue weighted by molar-refractivity contribution is -0.140. The number of hydrogen-bond donors (Lipinski definition) is 3. The Morgan fingerprint density at radius 3 is 2.68 bits per heavy atom. The van der Waals surface area contributed by atoms with Gasteiger partial charge in [0.25, 0.3) is 0 Å². The van der Waals surface area contributed by atoms with Crippen LogP contribution in [0, 0.1) is 12.8 Å². The summed E-state index contributed by atoms with van der Waals surface area (Å²) in [6.45, 7) is 5.59. The van der Waals surface area contributed by atoms with E-state index in [9.17, 15) is 9.59 Å². The summed E-state index contributed by atoms with van der Waals surface area (Å²) in [4.78, 5) is 22.7. The molecular formula is C12H19N3O4. The van der Waals surface area contributed by atoms with Crippen LogP contribution in [0.2, 0.25) is 0 Å². The highest BCUT2D eigenvalue weighted by molar-refractivity contribution is 5.82. The molecule has 0 unspecified atom stereocenters. The monoisotopic (exact) mass is 269 g/mol. The Morgan fingerprint density at radius 1 is 1.53 bits per heavy atom. The molecule has 0 aliphatic rings. The maximum Gasteiger partial charge on any atom is 0.326 e. The third-order valence-electron chi connectivity index (χ3n) is 2.87. The van der Waals surface area contributed by atoms with Crippen LogP contribution in [0.5, 0.6) is 0 Å². The molecule has 2 atom stereocenters. The first-order chi connectivity index (χ1) is 8.93. The zero-order valence-corrected chi connectivity index (χ0v) is 11.3. The van der Waals surface area contributed by atoms with Gasteiger partial charge in [-0.15, -0.1) is 0 Å². The number of amides is 2. The van der Waals surface area contributed by atoms with Gasteiger partial charge in [-0.2, -0.15) is 0 Å². The number of carbonyl (C=O) groups is 2. The van der Waals surface area contributed by atoms with Crippen molar-refractivity contribution < 1.29 is 19.2 Å². The minimum atomic E-state index is -1.04. The zero-order chi connectivity index (χ0) is 14.4. The Labute approximate surface area is 111 Å². The SMILES string of the molecule is CC[C@H](C)[C@H](NC(=O)NCc1cc(C)no1)C(=O)O. The van der Waals surface area contributed by atoms with Gasteiger partial charge in [-0.1, -0.05) is 25.4 Å². The molecule has 0 saturated heterocycles. The van der Waals surface area contributed by atoms with E-state index in [-0.39, 0.29) is 12.5 Å². The highest BCUT2D eigenvalue weighted by atomic mass is 16.5. The number of rotatable bonds is 6. The third kappa shape index (κ3) is 4.61. The van der Waals surface area contributed by atoms with E-state index in [1.54, 1.807) is 19.9 Å². The van der Waals surface area contributed by atoms with Gasteiger partial charge in [0.15, 0.2) is 5.76 Å². The van der Waals surface area contributed by atoms with Crippen molar-refractivity contribution in [2.45, 2.75) is 39.8 Å². The van der Waals surface area contributed by atoms with E-state index in [1.165, 1.54) is 0 Å². The van der Waals surface area contributed by atoms with Gasteiger partial charge in [0.05, 0.1) is 12.2 Å². The quantitative estimate of drug-likeness (QED) is 0.721. The van der Waals surface area contributed by atoms with Crippen LogP contribution in [0.15, 0.2) is 10.6 Å². The summed E-state index contributed by atoms with van der Waals surface area (Å²) in [5.41, 5.74) is 0.722. The Kier molecular flexibility index (Phi) is 5.35. The molecule has 0 radical (unpaired) electrons. The average molecular weight is 269 g/mol. The fourth-order valence-electron chi connectivity index (χ4n) is 1.54. The normalized spacial score (nSPS) is 13.6. The Hall–Kier alpha value is -2.05. The van der Waals surface area contributed by atoms with Crippen LogP contribution < -0.4 is 10.6 Å². The van der Waals surface area contributed by atoms with Crippen LogP contribution in [0.4, 0.5) is 4.79 Å². The van der Waals surface area contributed by atoms with Crippen molar-refractivity contribution in [1.29, 1.82) is 0 Å². The second-order valence-corrected chi connectivity index (χ2v) is 4.46. The molecule has 106 valence electrons. The number of hydrogen-bond acceptors (Lipinski definition) is 4. The van der Waals surface area contributed by atoms with Gasteiger partial charge < -0.3 is 20.3 Å². The van der Waals surface area contributed by atoms with Crippen molar-refractivity contribution >= 4 is 12.0 Å². The van der Waals surface area contributed by atoms with Crippen LogP contribution in [0.25, 0.3) is 0 Å². The molecule has 7 heteroatoms. The highest BCUT2D eigenvalue weighted by Crippen LogP contribution is 2.08. The van der Waals surface area contributed by atoms with Gasteiger partial charge in [-0.25, -0.2) is 9.59 Å². The van der Waals surface area contributed by atoms with Crippen molar-refractivity contribution in [1.82, 2.24) is 15.8 Å². The molecule has 0 aliphatic heterocycles. The zero-order valence-electron chi connectivity index (χ0n) is 11.3. The highest BCUT2D eigenvalue weighted by Gasteiger charge is 2.25. The predicted octanol–water partition coefficient (Wildman–Crippen LogP) is 1.28.